The zero-order valence-corrected chi connectivity index (χ0v) is 6.56. The number of nitrogens with two attached hydrogens (primary N) is 1. The summed E-state index contributed by atoms with van der Waals surface area (Å²) in [7, 11) is 0. The first-order valence-corrected chi connectivity index (χ1v) is 3.92. The highest BCUT2D eigenvalue weighted by molar-refractivity contribution is 4.98. The molecule has 1 aliphatic rings. The fraction of sp³-hybridized carbons (Fsp3) is 1.00. The Hall–Kier alpha value is -0.290. The monoisotopic (exact) mass is 183 g/mol. The highest BCUT2D eigenvalue weighted by atomic mass is 19.4. The quantitative estimate of drug-likeness (QED) is 0.592. The minimum Gasteiger partial charge on any atom is -0.379 e. The Bertz CT molecular complexity index is 171. The second kappa shape index (κ2) is 2.88. The van der Waals surface area contributed by atoms with E-state index in [9.17, 15) is 18.3 Å². The first-order valence-electron chi connectivity index (χ1n) is 3.92. The van der Waals surface area contributed by atoms with E-state index in [-0.39, 0.29) is 12.8 Å². The molecule has 0 aliphatic heterocycles. The number of hydrogen-bond acceptors (Lipinski definition) is 2. The maximum absolute atomic E-state index is 12.2. The fourth-order valence-electron chi connectivity index (χ4n) is 1.53. The predicted molar refractivity (Wildman–Crippen MR) is 37.4 cm³/mol. The molecule has 72 valence electrons. The fourth-order valence-corrected chi connectivity index (χ4v) is 1.53. The zero-order valence-electron chi connectivity index (χ0n) is 6.56. The second-order valence-corrected chi connectivity index (χ2v) is 3.27. The van der Waals surface area contributed by atoms with E-state index >= 15 is 0 Å². The highest BCUT2D eigenvalue weighted by Crippen LogP contribution is 2.40. The third kappa shape index (κ3) is 1.43. The molecule has 0 aromatic carbocycles. The van der Waals surface area contributed by atoms with E-state index in [0.29, 0.717) is 12.8 Å². The molecule has 12 heavy (non-hydrogen) atoms. The van der Waals surface area contributed by atoms with E-state index in [2.05, 4.69) is 0 Å². The van der Waals surface area contributed by atoms with Crippen molar-refractivity contribution in [2.24, 2.45) is 5.73 Å². The van der Waals surface area contributed by atoms with E-state index in [1.807, 2.05) is 0 Å². The standard InChI is InChI=1S/C7H12F3NO/c8-7(9,10)6(12)4-2-1-3-5(6)11/h5,12H,1-4,11H2/t5-,6-/m1/s1. The van der Waals surface area contributed by atoms with Gasteiger partial charge >= 0.3 is 6.18 Å². The van der Waals surface area contributed by atoms with Crippen LogP contribution >= 0.6 is 0 Å². The molecule has 1 aliphatic carbocycles. The van der Waals surface area contributed by atoms with Crippen molar-refractivity contribution in [2.75, 3.05) is 0 Å². The maximum atomic E-state index is 12.2. The highest BCUT2D eigenvalue weighted by Gasteiger charge is 2.57. The summed E-state index contributed by atoms with van der Waals surface area (Å²) in [4.78, 5) is 0. The molecule has 0 unspecified atom stereocenters. The van der Waals surface area contributed by atoms with E-state index in [0.717, 1.165) is 0 Å². The summed E-state index contributed by atoms with van der Waals surface area (Å²) in [6.45, 7) is 0. The van der Waals surface area contributed by atoms with Crippen molar-refractivity contribution in [3.05, 3.63) is 0 Å². The van der Waals surface area contributed by atoms with Gasteiger partial charge in [-0.3, -0.25) is 0 Å². The van der Waals surface area contributed by atoms with Crippen LogP contribution in [0.2, 0.25) is 0 Å². The van der Waals surface area contributed by atoms with Crippen LogP contribution in [0.5, 0.6) is 0 Å². The molecule has 5 heteroatoms. The Kier molecular flexibility index (Phi) is 2.35. The average molecular weight is 183 g/mol. The van der Waals surface area contributed by atoms with Crippen LogP contribution in [0.1, 0.15) is 25.7 Å². The minimum atomic E-state index is -4.59. The molecule has 0 radical (unpaired) electrons. The molecule has 1 fully saturated rings. The van der Waals surface area contributed by atoms with Gasteiger partial charge in [-0.1, -0.05) is 12.8 Å². The lowest BCUT2D eigenvalue weighted by Crippen LogP contribution is -2.59. The summed E-state index contributed by atoms with van der Waals surface area (Å²) in [5, 5.41) is 9.23. The summed E-state index contributed by atoms with van der Waals surface area (Å²) in [5.74, 6) is 0. The van der Waals surface area contributed by atoms with Gasteiger partial charge in [0.2, 0.25) is 0 Å². The number of halogens is 3. The van der Waals surface area contributed by atoms with Gasteiger partial charge in [-0.15, -0.1) is 0 Å². The van der Waals surface area contributed by atoms with Gasteiger partial charge in [-0.2, -0.15) is 13.2 Å². The van der Waals surface area contributed by atoms with Gasteiger partial charge in [-0.25, -0.2) is 0 Å². The molecular formula is C7H12F3NO. The van der Waals surface area contributed by atoms with Crippen molar-refractivity contribution in [1.82, 2.24) is 0 Å². The van der Waals surface area contributed by atoms with Gasteiger partial charge in [0.15, 0.2) is 5.60 Å². The van der Waals surface area contributed by atoms with Crippen LogP contribution in [0.3, 0.4) is 0 Å². The van der Waals surface area contributed by atoms with Gasteiger partial charge in [0, 0.05) is 6.04 Å². The molecule has 1 saturated carbocycles. The molecule has 0 aromatic rings. The number of hydrogen-bond donors (Lipinski definition) is 2. The molecule has 3 N–H and O–H groups in total. The van der Waals surface area contributed by atoms with Crippen molar-refractivity contribution in [1.29, 1.82) is 0 Å². The third-order valence-electron chi connectivity index (χ3n) is 2.43. The SMILES string of the molecule is N[C@@H]1CCCC[C@]1(O)C(F)(F)F. The topological polar surface area (TPSA) is 46.2 Å². The first-order chi connectivity index (χ1) is 5.38. The summed E-state index contributed by atoms with van der Waals surface area (Å²) < 4.78 is 36.7. The number of aliphatic hydroxyl groups is 1. The lowest BCUT2D eigenvalue weighted by Gasteiger charge is -2.38. The lowest BCUT2D eigenvalue weighted by atomic mass is 9.80. The van der Waals surface area contributed by atoms with Crippen LogP contribution in [-0.2, 0) is 0 Å². The zero-order chi connectivity index (χ0) is 9.41. The van der Waals surface area contributed by atoms with Crippen LogP contribution in [0, 0.1) is 0 Å². The third-order valence-corrected chi connectivity index (χ3v) is 2.43. The van der Waals surface area contributed by atoms with Crippen LogP contribution in [0.25, 0.3) is 0 Å². The van der Waals surface area contributed by atoms with E-state index < -0.39 is 17.8 Å². The lowest BCUT2D eigenvalue weighted by molar-refractivity contribution is -0.275. The largest absolute Gasteiger partial charge is 0.418 e. The normalized spacial score (nSPS) is 38.2. The average Bonchev–Trinajstić information content (AvgIpc) is 1.93. The molecular weight excluding hydrogens is 171 g/mol. The van der Waals surface area contributed by atoms with Crippen molar-refractivity contribution in [3.8, 4) is 0 Å². The Labute approximate surface area is 68.6 Å². The molecule has 0 spiro atoms. The van der Waals surface area contributed by atoms with Crippen LogP contribution in [-0.4, -0.2) is 22.9 Å². The molecule has 0 heterocycles. The summed E-state index contributed by atoms with van der Waals surface area (Å²) >= 11 is 0. The second-order valence-electron chi connectivity index (χ2n) is 3.27. The van der Waals surface area contributed by atoms with E-state index in [1.165, 1.54) is 0 Å². The van der Waals surface area contributed by atoms with Gasteiger partial charge in [0.1, 0.15) is 0 Å². The predicted octanol–water partition coefficient (Wildman–Crippen LogP) is 1.18. The Morgan fingerprint density at radius 2 is 1.92 bits per heavy atom. The Morgan fingerprint density at radius 1 is 1.33 bits per heavy atom. The molecule has 2 atom stereocenters. The molecule has 2 nitrogen and oxygen atoms in total. The van der Waals surface area contributed by atoms with E-state index in [1.54, 1.807) is 0 Å². The van der Waals surface area contributed by atoms with Crippen molar-refractivity contribution < 1.29 is 18.3 Å². The maximum Gasteiger partial charge on any atom is 0.418 e. The smallest absolute Gasteiger partial charge is 0.379 e. The van der Waals surface area contributed by atoms with Gasteiger partial charge < -0.3 is 10.8 Å². The number of alkyl halides is 3. The van der Waals surface area contributed by atoms with Gasteiger partial charge in [-0.05, 0) is 12.8 Å². The first kappa shape index (κ1) is 9.80. The minimum absolute atomic E-state index is 0.246. The summed E-state index contributed by atoms with van der Waals surface area (Å²) in [5.41, 5.74) is 2.58. The van der Waals surface area contributed by atoms with E-state index in [4.69, 9.17) is 5.73 Å². The van der Waals surface area contributed by atoms with Crippen LogP contribution in [0.15, 0.2) is 0 Å². The molecule has 0 saturated heterocycles. The molecule has 0 bridgehead atoms. The Morgan fingerprint density at radius 3 is 2.25 bits per heavy atom. The Balaban J connectivity index is 2.79. The van der Waals surface area contributed by atoms with Gasteiger partial charge in [0.25, 0.3) is 0 Å². The van der Waals surface area contributed by atoms with Gasteiger partial charge in [0.05, 0.1) is 0 Å². The van der Waals surface area contributed by atoms with Crippen LogP contribution in [0.4, 0.5) is 13.2 Å². The summed E-state index contributed by atoms with van der Waals surface area (Å²) in [6.07, 6.45) is -3.55. The molecule has 0 amide bonds. The molecule has 1 rings (SSSR count). The van der Waals surface area contributed by atoms with Crippen molar-refractivity contribution in [3.63, 3.8) is 0 Å². The van der Waals surface area contributed by atoms with Crippen LogP contribution < -0.4 is 5.73 Å². The van der Waals surface area contributed by atoms with Crippen molar-refractivity contribution in [2.45, 2.75) is 43.5 Å². The summed E-state index contributed by atoms with van der Waals surface area (Å²) in [6, 6.07) is -1.16. The molecule has 0 aromatic heterocycles. The van der Waals surface area contributed by atoms with Crippen molar-refractivity contribution >= 4 is 0 Å². The number of rotatable bonds is 0.